The van der Waals surface area contributed by atoms with Crippen molar-refractivity contribution in [2.45, 2.75) is 32.2 Å². The molecule has 1 saturated heterocycles. The topological polar surface area (TPSA) is 50.7 Å². The number of ether oxygens (including phenoxy) is 2. The van der Waals surface area contributed by atoms with Crippen LogP contribution in [-0.2, 0) is 0 Å². The molecular weight excluding hydrogens is 340 g/mol. The first-order chi connectivity index (χ1) is 13.3. The molecule has 1 aromatic heterocycles. The van der Waals surface area contributed by atoms with Gasteiger partial charge in [-0.25, -0.2) is 0 Å². The van der Waals surface area contributed by atoms with E-state index >= 15 is 0 Å². The summed E-state index contributed by atoms with van der Waals surface area (Å²) in [6, 6.07) is 12.4. The Balaban J connectivity index is 1.41. The van der Waals surface area contributed by atoms with Crippen LogP contribution in [0.1, 0.15) is 26.2 Å². The molecule has 0 aliphatic carbocycles. The number of anilines is 1. The highest BCUT2D eigenvalue weighted by atomic mass is 16.5. The standard InChI is InChI=1S/C21H30N4O2/c1-3-15-26-19-8-10-20(11-9-19)27-16-14-24(2)17-18-6-5-13-25(18)21-7-4-12-22-23-21/h4,7-12,18H,3,5-6,13-17H2,1-2H3. The zero-order valence-electron chi connectivity index (χ0n) is 16.4. The SMILES string of the molecule is CCCOc1ccc(OCCN(C)CC2CCCN2c2cccnn2)cc1. The largest absolute Gasteiger partial charge is 0.494 e. The summed E-state index contributed by atoms with van der Waals surface area (Å²) < 4.78 is 11.5. The molecule has 6 nitrogen and oxygen atoms in total. The number of nitrogens with zero attached hydrogens (tertiary/aromatic N) is 4. The van der Waals surface area contributed by atoms with Crippen LogP contribution < -0.4 is 14.4 Å². The molecule has 0 bridgehead atoms. The Bertz CT molecular complexity index is 666. The van der Waals surface area contributed by atoms with Gasteiger partial charge in [-0.05, 0) is 62.7 Å². The van der Waals surface area contributed by atoms with Crippen molar-refractivity contribution in [1.82, 2.24) is 15.1 Å². The minimum Gasteiger partial charge on any atom is -0.494 e. The van der Waals surface area contributed by atoms with Crippen molar-refractivity contribution >= 4 is 5.82 Å². The molecule has 1 aliphatic rings. The van der Waals surface area contributed by atoms with Crippen molar-refractivity contribution in [1.29, 1.82) is 0 Å². The third kappa shape index (κ3) is 5.82. The lowest BCUT2D eigenvalue weighted by Gasteiger charge is -2.29. The summed E-state index contributed by atoms with van der Waals surface area (Å²) in [4.78, 5) is 4.71. The number of hydrogen-bond acceptors (Lipinski definition) is 6. The van der Waals surface area contributed by atoms with Crippen molar-refractivity contribution in [3.63, 3.8) is 0 Å². The van der Waals surface area contributed by atoms with Gasteiger partial charge in [-0.15, -0.1) is 5.10 Å². The van der Waals surface area contributed by atoms with Gasteiger partial charge in [0.25, 0.3) is 0 Å². The maximum atomic E-state index is 5.88. The molecule has 2 aromatic rings. The molecule has 1 atom stereocenters. The first kappa shape index (κ1) is 19.4. The maximum Gasteiger partial charge on any atom is 0.151 e. The molecule has 0 saturated carbocycles. The van der Waals surface area contributed by atoms with Crippen LogP contribution in [0.4, 0.5) is 5.82 Å². The molecule has 27 heavy (non-hydrogen) atoms. The number of likely N-dealkylation sites (N-methyl/N-ethyl adjacent to an activating group) is 1. The van der Waals surface area contributed by atoms with Gasteiger partial charge in [-0.1, -0.05) is 6.92 Å². The highest BCUT2D eigenvalue weighted by Gasteiger charge is 2.26. The molecule has 1 aromatic carbocycles. The molecule has 0 N–H and O–H groups in total. The van der Waals surface area contributed by atoms with E-state index in [1.165, 1.54) is 12.8 Å². The highest BCUT2D eigenvalue weighted by molar-refractivity contribution is 5.39. The molecule has 2 heterocycles. The van der Waals surface area contributed by atoms with E-state index in [1.807, 2.05) is 36.4 Å². The second kappa shape index (κ2) is 10.1. The van der Waals surface area contributed by atoms with Crippen molar-refractivity contribution in [2.24, 2.45) is 0 Å². The molecule has 0 amide bonds. The molecule has 1 aliphatic heterocycles. The van der Waals surface area contributed by atoms with Crippen LogP contribution >= 0.6 is 0 Å². The minimum absolute atomic E-state index is 0.488. The van der Waals surface area contributed by atoms with Crippen molar-refractivity contribution in [2.75, 3.05) is 44.8 Å². The minimum atomic E-state index is 0.488. The predicted octanol–water partition coefficient (Wildman–Crippen LogP) is 3.25. The van der Waals surface area contributed by atoms with Gasteiger partial charge in [-0.3, -0.25) is 0 Å². The first-order valence-electron chi connectivity index (χ1n) is 9.85. The van der Waals surface area contributed by atoms with Crippen molar-refractivity contribution in [3.8, 4) is 11.5 Å². The van der Waals surface area contributed by atoms with Gasteiger partial charge in [0.2, 0.25) is 0 Å². The van der Waals surface area contributed by atoms with Crippen LogP contribution in [0.25, 0.3) is 0 Å². The van der Waals surface area contributed by atoms with Crippen molar-refractivity contribution in [3.05, 3.63) is 42.6 Å². The monoisotopic (exact) mass is 370 g/mol. The second-order valence-corrected chi connectivity index (χ2v) is 7.00. The third-order valence-corrected chi connectivity index (χ3v) is 4.79. The molecule has 0 spiro atoms. The van der Waals surface area contributed by atoms with Gasteiger partial charge in [0.05, 0.1) is 6.61 Å². The molecule has 6 heteroatoms. The van der Waals surface area contributed by atoms with Gasteiger partial charge < -0.3 is 19.3 Å². The number of aromatic nitrogens is 2. The van der Waals surface area contributed by atoms with E-state index < -0.39 is 0 Å². The normalized spacial score (nSPS) is 16.7. The summed E-state index contributed by atoms with van der Waals surface area (Å²) in [6.45, 7) is 6.47. The van der Waals surface area contributed by atoms with Gasteiger partial charge in [0.15, 0.2) is 5.82 Å². The van der Waals surface area contributed by atoms with E-state index in [4.69, 9.17) is 9.47 Å². The number of hydrogen-bond donors (Lipinski definition) is 0. The first-order valence-corrected chi connectivity index (χ1v) is 9.85. The Morgan fingerprint density at radius 1 is 1.11 bits per heavy atom. The van der Waals surface area contributed by atoms with Gasteiger partial charge in [0, 0.05) is 31.9 Å². The van der Waals surface area contributed by atoms with E-state index in [9.17, 15) is 0 Å². The van der Waals surface area contributed by atoms with Crippen LogP contribution in [0.5, 0.6) is 11.5 Å². The zero-order valence-corrected chi connectivity index (χ0v) is 16.4. The Morgan fingerprint density at radius 2 is 1.85 bits per heavy atom. The summed E-state index contributed by atoms with van der Waals surface area (Å²) in [5.41, 5.74) is 0. The van der Waals surface area contributed by atoms with Crippen LogP contribution in [0.3, 0.4) is 0 Å². The van der Waals surface area contributed by atoms with Gasteiger partial charge >= 0.3 is 0 Å². The fourth-order valence-corrected chi connectivity index (χ4v) is 3.40. The molecular formula is C21H30N4O2. The fourth-order valence-electron chi connectivity index (χ4n) is 3.40. The second-order valence-electron chi connectivity index (χ2n) is 7.00. The smallest absolute Gasteiger partial charge is 0.151 e. The maximum absolute atomic E-state index is 5.88. The Hall–Kier alpha value is -2.34. The van der Waals surface area contributed by atoms with E-state index in [2.05, 4.69) is 34.0 Å². The Labute approximate surface area is 162 Å². The highest BCUT2D eigenvalue weighted by Crippen LogP contribution is 2.23. The summed E-state index contributed by atoms with van der Waals surface area (Å²) in [5.74, 6) is 2.76. The van der Waals surface area contributed by atoms with Crippen LogP contribution in [-0.4, -0.2) is 61.0 Å². The van der Waals surface area contributed by atoms with Crippen LogP contribution in [0, 0.1) is 0 Å². The molecule has 146 valence electrons. The van der Waals surface area contributed by atoms with E-state index in [0.29, 0.717) is 12.6 Å². The summed E-state index contributed by atoms with van der Waals surface area (Å²) >= 11 is 0. The lowest BCUT2D eigenvalue weighted by atomic mass is 10.2. The average molecular weight is 370 g/mol. The lowest BCUT2D eigenvalue weighted by Crippen LogP contribution is -2.40. The summed E-state index contributed by atoms with van der Waals surface area (Å²) in [5, 5.41) is 8.28. The third-order valence-electron chi connectivity index (χ3n) is 4.79. The van der Waals surface area contributed by atoms with Crippen LogP contribution in [0.2, 0.25) is 0 Å². The summed E-state index contributed by atoms with van der Waals surface area (Å²) in [6.07, 6.45) is 5.14. The van der Waals surface area contributed by atoms with E-state index in [0.717, 1.165) is 50.0 Å². The Kier molecular flexibility index (Phi) is 7.27. The Morgan fingerprint density at radius 3 is 2.52 bits per heavy atom. The van der Waals surface area contributed by atoms with Crippen molar-refractivity contribution < 1.29 is 9.47 Å². The lowest BCUT2D eigenvalue weighted by molar-refractivity contribution is 0.229. The molecule has 0 radical (unpaired) electrons. The summed E-state index contributed by atoms with van der Waals surface area (Å²) in [7, 11) is 2.15. The van der Waals surface area contributed by atoms with Gasteiger partial charge in [-0.2, -0.15) is 5.10 Å². The number of benzene rings is 1. The van der Waals surface area contributed by atoms with Gasteiger partial charge in [0.1, 0.15) is 18.1 Å². The average Bonchev–Trinajstić information content (AvgIpc) is 3.16. The molecule has 3 rings (SSSR count). The molecule has 1 unspecified atom stereocenters. The van der Waals surface area contributed by atoms with E-state index in [1.54, 1.807) is 6.20 Å². The zero-order chi connectivity index (χ0) is 18.9. The molecule has 1 fully saturated rings. The fraction of sp³-hybridized carbons (Fsp3) is 0.524. The quantitative estimate of drug-likeness (QED) is 0.640. The number of rotatable bonds is 10. The predicted molar refractivity (Wildman–Crippen MR) is 108 cm³/mol. The van der Waals surface area contributed by atoms with E-state index in [-0.39, 0.29) is 0 Å². The van der Waals surface area contributed by atoms with Crippen LogP contribution in [0.15, 0.2) is 42.6 Å².